The van der Waals surface area contributed by atoms with Crippen molar-refractivity contribution in [1.82, 2.24) is 5.16 Å². The van der Waals surface area contributed by atoms with Crippen LogP contribution in [0.1, 0.15) is 23.0 Å². The van der Waals surface area contributed by atoms with Gasteiger partial charge in [-0.15, -0.1) is 0 Å². The summed E-state index contributed by atoms with van der Waals surface area (Å²) in [6.45, 7) is 3.65. The fourth-order valence-electron chi connectivity index (χ4n) is 2.23. The molecule has 2 aromatic rings. The number of hydrogen-bond donors (Lipinski definition) is 0. The average Bonchev–Trinajstić information content (AvgIpc) is 2.95. The van der Waals surface area contributed by atoms with Crippen molar-refractivity contribution in [3.8, 4) is 28.5 Å². The lowest BCUT2D eigenvalue weighted by molar-refractivity contribution is 0.0525. The molecule has 1 aromatic heterocycles. The van der Waals surface area contributed by atoms with E-state index < -0.39 is 5.97 Å². The predicted octanol–water partition coefficient (Wildman–Crippen LogP) is 2.85. The number of nitrogens with zero attached hydrogens (tertiary/aromatic N) is 1. The van der Waals surface area contributed by atoms with Gasteiger partial charge in [0.2, 0.25) is 5.75 Å². The SMILES string of the molecule is CCOC(=O)c1c(-c2cc(OC)c(OC)c(OC)c2)noc1C. The maximum Gasteiger partial charge on any atom is 0.344 e. The molecule has 0 spiro atoms. The first-order valence-electron chi connectivity index (χ1n) is 7.01. The van der Waals surface area contributed by atoms with Gasteiger partial charge >= 0.3 is 5.97 Å². The van der Waals surface area contributed by atoms with Crippen molar-refractivity contribution in [2.75, 3.05) is 27.9 Å². The number of carbonyl (C=O) groups is 1. The number of hydrogen-bond acceptors (Lipinski definition) is 7. The Morgan fingerprint density at radius 3 is 2.22 bits per heavy atom. The Kier molecular flexibility index (Phi) is 5.10. The largest absolute Gasteiger partial charge is 0.493 e. The molecule has 23 heavy (non-hydrogen) atoms. The summed E-state index contributed by atoms with van der Waals surface area (Å²) in [5.41, 5.74) is 1.24. The van der Waals surface area contributed by atoms with Crippen LogP contribution in [0.25, 0.3) is 11.3 Å². The van der Waals surface area contributed by atoms with Crippen LogP contribution in [0.4, 0.5) is 0 Å². The summed E-state index contributed by atoms with van der Waals surface area (Å²) in [5.74, 6) is 1.26. The maximum atomic E-state index is 12.1. The highest BCUT2D eigenvalue weighted by Gasteiger charge is 2.25. The third-order valence-corrected chi connectivity index (χ3v) is 3.28. The summed E-state index contributed by atoms with van der Waals surface area (Å²) in [5, 5.41) is 3.97. The number of rotatable bonds is 6. The summed E-state index contributed by atoms with van der Waals surface area (Å²) < 4.78 is 26.1. The van der Waals surface area contributed by atoms with Gasteiger partial charge in [-0.05, 0) is 26.0 Å². The molecule has 0 bridgehead atoms. The minimum atomic E-state index is -0.491. The van der Waals surface area contributed by atoms with Gasteiger partial charge in [-0.1, -0.05) is 5.16 Å². The molecule has 0 atom stereocenters. The first-order valence-corrected chi connectivity index (χ1v) is 7.01. The Balaban J connectivity index is 2.61. The van der Waals surface area contributed by atoms with E-state index in [-0.39, 0.29) is 12.2 Å². The zero-order chi connectivity index (χ0) is 17.0. The number of esters is 1. The highest BCUT2D eigenvalue weighted by molar-refractivity contribution is 5.97. The van der Waals surface area contributed by atoms with Crippen molar-refractivity contribution < 1.29 is 28.3 Å². The van der Waals surface area contributed by atoms with Crippen molar-refractivity contribution in [3.63, 3.8) is 0 Å². The monoisotopic (exact) mass is 321 g/mol. The van der Waals surface area contributed by atoms with Crippen LogP contribution in [0.5, 0.6) is 17.2 Å². The first kappa shape index (κ1) is 16.7. The van der Waals surface area contributed by atoms with Gasteiger partial charge in [-0.3, -0.25) is 0 Å². The molecule has 2 rings (SSSR count). The predicted molar refractivity (Wildman–Crippen MR) is 82.3 cm³/mol. The van der Waals surface area contributed by atoms with Crippen LogP contribution < -0.4 is 14.2 Å². The van der Waals surface area contributed by atoms with Crippen LogP contribution in [0.3, 0.4) is 0 Å². The zero-order valence-electron chi connectivity index (χ0n) is 13.8. The molecule has 0 saturated heterocycles. The van der Waals surface area contributed by atoms with Gasteiger partial charge in [0, 0.05) is 5.56 Å². The van der Waals surface area contributed by atoms with Crippen LogP contribution in [-0.2, 0) is 4.74 Å². The Hall–Kier alpha value is -2.70. The van der Waals surface area contributed by atoms with Gasteiger partial charge in [0.1, 0.15) is 17.0 Å². The van der Waals surface area contributed by atoms with Crippen LogP contribution in [-0.4, -0.2) is 39.1 Å². The Labute approximate surface area is 134 Å². The lowest BCUT2D eigenvalue weighted by Crippen LogP contribution is -2.07. The molecule has 1 aromatic carbocycles. The molecule has 0 amide bonds. The average molecular weight is 321 g/mol. The Bertz CT molecular complexity index is 682. The smallest absolute Gasteiger partial charge is 0.344 e. The summed E-state index contributed by atoms with van der Waals surface area (Å²) in [4.78, 5) is 12.1. The zero-order valence-corrected chi connectivity index (χ0v) is 13.8. The highest BCUT2D eigenvalue weighted by atomic mass is 16.5. The van der Waals surface area contributed by atoms with E-state index in [1.165, 1.54) is 21.3 Å². The molecule has 0 saturated carbocycles. The minimum absolute atomic E-state index is 0.262. The topological polar surface area (TPSA) is 80.0 Å². The van der Waals surface area contributed by atoms with Gasteiger partial charge in [-0.25, -0.2) is 4.79 Å². The third-order valence-electron chi connectivity index (χ3n) is 3.28. The molecule has 124 valence electrons. The van der Waals surface area contributed by atoms with E-state index in [0.717, 1.165) is 0 Å². The van der Waals surface area contributed by atoms with Crippen molar-refractivity contribution in [3.05, 3.63) is 23.5 Å². The summed E-state index contributed by atoms with van der Waals surface area (Å²) in [7, 11) is 4.55. The molecule has 0 radical (unpaired) electrons. The number of benzene rings is 1. The van der Waals surface area contributed by atoms with E-state index in [4.69, 9.17) is 23.5 Å². The van der Waals surface area contributed by atoms with Crippen LogP contribution in [0, 0.1) is 6.92 Å². The molecule has 0 aliphatic carbocycles. The van der Waals surface area contributed by atoms with Crippen LogP contribution in [0.15, 0.2) is 16.7 Å². The fourth-order valence-corrected chi connectivity index (χ4v) is 2.23. The van der Waals surface area contributed by atoms with Gasteiger partial charge in [0.25, 0.3) is 0 Å². The van der Waals surface area contributed by atoms with Crippen molar-refractivity contribution in [2.24, 2.45) is 0 Å². The van der Waals surface area contributed by atoms with Crippen molar-refractivity contribution in [1.29, 1.82) is 0 Å². The third kappa shape index (κ3) is 3.08. The first-order chi connectivity index (χ1) is 11.1. The summed E-state index contributed by atoms with van der Waals surface area (Å²) in [6, 6.07) is 3.39. The Morgan fingerprint density at radius 1 is 1.13 bits per heavy atom. The van der Waals surface area contributed by atoms with E-state index in [1.807, 2.05) is 0 Å². The normalized spacial score (nSPS) is 10.3. The van der Waals surface area contributed by atoms with Crippen molar-refractivity contribution >= 4 is 5.97 Å². The van der Waals surface area contributed by atoms with Crippen LogP contribution >= 0.6 is 0 Å². The molecule has 7 nitrogen and oxygen atoms in total. The lowest BCUT2D eigenvalue weighted by atomic mass is 10.0. The fraction of sp³-hybridized carbons (Fsp3) is 0.375. The molecule has 1 heterocycles. The van der Waals surface area contributed by atoms with E-state index in [2.05, 4.69) is 5.16 Å². The van der Waals surface area contributed by atoms with Gasteiger partial charge in [0.15, 0.2) is 11.5 Å². The Morgan fingerprint density at radius 2 is 1.74 bits per heavy atom. The number of ether oxygens (including phenoxy) is 4. The number of aromatic nitrogens is 1. The standard InChI is InChI=1S/C16H19NO6/c1-6-22-16(18)13-9(2)23-17-14(13)10-7-11(19-3)15(21-5)12(8-10)20-4/h7-8H,6H2,1-5H3. The van der Waals surface area contributed by atoms with Gasteiger partial charge < -0.3 is 23.5 Å². The van der Waals surface area contributed by atoms with E-state index in [9.17, 15) is 4.79 Å². The number of methoxy groups -OCH3 is 3. The second-order valence-electron chi connectivity index (χ2n) is 4.60. The summed E-state index contributed by atoms with van der Waals surface area (Å²) >= 11 is 0. The van der Waals surface area contributed by atoms with Crippen molar-refractivity contribution in [2.45, 2.75) is 13.8 Å². The highest BCUT2D eigenvalue weighted by Crippen LogP contribution is 2.41. The second kappa shape index (κ2) is 7.04. The molecular formula is C16H19NO6. The maximum absolute atomic E-state index is 12.1. The molecule has 0 aliphatic heterocycles. The van der Waals surface area contributed by atoms with E-state index >= 15 is 0 Å². The molecule has 0 aliphatic rings. The second-order valence-corrected chi connectivity index (χ2v) is 4.60. The number of carbonyl (C=O) groups excluding carboxylic acids is 1. The van der Waals surface area contributed by atoms with E-state index in [0.29, 0.717) is 34.3 Å². The van der Waals surface area contributed by atoms with Gasteiger partial charge in [0.05, 0.1) is 27.9 Å². The summed E-state index contributed by atoms with van der Waals surface area (Å²) in [6.07, 6.45) is 0. The number of aryl methyl sites for hydroxylation is 1. The minimum Gasteiger partial charge on any atom is -0.493 e. The molecule has 7 heteroatoms. The van der Waals surface area contributed by atoms with E-state index in [1.54, 1.807) is 26.0 Å². The van der Waals surface area contributed by atoms with Crippen LogP contribution in [0.2, 0.25) is 0 Å². The molecular weight excluding hydrogens is 302 g/mol. The molecule has 0 fully saturated rings. The molecule has 0 unspecified atom stereocenters. The molecule has 0 N–H and O–H groups in total. The lowest BCUT2D eigenvalue weighted by Gasteiger charge is -2.13. The van der Waals surface area contributed by atoms with Gasteiger partial charge in [-0.2, -0.15) is 0 Å². The quantitative estimate of drug-likeness (QED) is 0.757.